The van der Waals surface area contributed by atoms with Gasteiger partial charge < -0.3 is 4.90 Å². The highest BCUT2D eigenvalue weighted by Crippen LogP contribution is 2.39. The van der Waals surface area contributed by atoms with Crippen LogP contribution >= 0.6 is 0 Å². The quantitative estimate of drug-likeness (QED) is 0.559. The summed E-state index contributed by atoms with van der Waals surface area (Å²) in [5.74, 6) is -0.589. The van der Waals surface area contributed by atoms with E-state index in [-0.39, 0.29) is 23.7 Å². The maximum Gasteiger partial charge on any atom is 0.244 e. The molecule has 1 aliphatic heterocycles. The molecule has 0 unspecified atom stereocenters. The van der Waals surface area contributed by atoms with Gasteiger partial charge >= 0.3 is 0 Å². The number of amides is 1. The van der Waals surface area contributed by atoms with E-state index in [0.29, 0.717) is 5.56 Å². The molecule has 0 spiro atoms. The van der Waals surface area contributed by atoms with Crippen LogP contribution in [0.1, 0.15) is 50.8 Å². The molecule has 1 aliphatic rings. The molecule has 4 nitrogen and oxygen atoms in total. The first kappa shape index (κ1) is 20.8. The average Bonchev–Trinajstić information content (AvgIpc) is 2.66. The number of fused-ring (bicyclic) bond motifs is 1. The molecule has 0 atom stereocenters. The fraction of sp³-hybridized carbons (Fsp3) is 0.333. The monoisotopic (exact) mass is 393 g/mol. The Morgan fingerprint density at radius 2 is 1.97 bits per heavy atom. The SMILES string of the molecule is CCCN1c2cc(F)c(/C=N\NC(=O)Cc3ccccc3)cc2C(C)=CC1(C)C. The molecular formula is C24H28FN3O. The van der Waals surface area contributed by atoms with Crippen molar-refractivity contribution in [2.75, 3.05) is 11.4 Å². The third kappa shape index (κ3) is 4.73. The van der Waals surface area contributed by atoms with Crippen LogP contribution in [-0.4, -0.2) is 24.2 Å². The summed E-state index contributed by atoms with van der Waals surface area (Å²) in [5.41, 5.74) is 6.58. The van der Waals surface area contributed by atoms with Gasteiger partial charge in [0.2, 0.25) is 5.91 Å². The number of nitrogens with one attached hydrogen (secondary N) is 1. The van der Waals surface area contributed by atoms with Crippen molar-refractivity contribution in [3.63, 3.8) is 0 Å². The van der Waals surface area contributed by atoms with Crippen LogP contribution in [0.3, 0.4) is 0 Å². The van der Waals surface area contributed by atoms with Gasteiger partial charge in [-0.1, -0.05) is 43.3 Å². The normalized spacial score (nSPS) is 15.2. The molecule has 1 N–H and O–H groups in total. The molecule has 0 aliphatic carbocycles. The summed E-state index contributed by atoms with van der Waals surface area (Å²) in [5, 5.41) is 3.96. The van der Waals surface area contributed by atoms with Crippen LogP contribution in [0.4, 0.5) is 10.1 Å². The first-order chi connectivity index (χ1) is 13.8. The number of hydrazone groups is 1. The number of benzene rings is 2. The van der Waals surface area contributed by atoms with E-state index in [1.165, 1.54) is 6.21 Å². The lowest BCUT2D eigenvalue weighted by atomic mass is 9.88. The summed E-state index contributed by atoms with van der Waals surface area (Å²) in [6.07, 6.45) is 4.79. The third-order valence-electron chi connectivity index (χ3n) is 5.14. The second-order valence-corrected chi connectivity index (χ2v) is 7.98. The predicted molar refractivity (Wildman–Crippen MR) is 118 cm³/mol. The van der Waals surface area contributed by atoms with Crippen molar-refractivity contribution in [2.45, 2.75) is 46.1 Å². The molecule has 2 aromatic carbocycles. The molecule has 1 heterocycles. The Bertz CT molecular complexity index is 948. The number of carbonyl (C=O) groups excluding carboxylic acids is 1. The van der Waals surface area contributed by atoms with Crippen LogP contribution in [0.5, 0.6) is 0 Å². The van der Waals surface area contributed by atoms with E-state index in [9.17, 15) is 9.18 Å². The van der Waals surface area contributed by atoms with Crippen LogP contribution in [0.25, 0.3) is 5.57 Å². The van der Waals surface area contributed by atoms with Gasteiger partial charge in [0, 0.05) is 23.4 Å². The van der Waals surface area contributed by atoms with Crippen LogP contribution < -0.4 is 10.3 Å². The molecular weight excluding hydrogens is 365 g/mol. The summed E-state index contributed by atoms with van der Waals surface area (Å²) in [4.78, 5) is 14.3. The number of hydrogen-bond donors (Lipinski definition) is 1. The van der Waals surface area contributed by atoms with Crippen molar-refractivity contribution in [1.29, 1.82) is 0 Å². The topological polar surface area (TPSA) is 44.7 Å². The minimum absolute atomic E-state index is 0.166. The van der Waals surface area contributed by atoms with Crippen LogP contribution in [0, 0.1) is 5.82 Å². The molecule has 5 heteroatoms. The predicted octanol–water partition coefficient (Wildman–Crippen LogP) is 4.93. The summed E-state index contributed by atoms with van der Waals surface area (Å²) in [7, 11) is 0. The zero-order valence-corrected chi connectivity index (χ0v) is 17.5. The number of halogens is 1. The van der Waals surface area contributed by atoms with Gasteiger partial charge in [0.25, 0.3) is 0 Å². The van der Waals surface area contributed by atoms with Gasteiger partial charge in [-0.05, 0) is 50.5 Å². The first-order valence-electron chi connectivity index (χ1n) is 9.98. The first-order valence-corrected chi connectivity index (χ1v) is 9.98. The minimum Gasteiger partial charge on any atom is -0.362 e. The van der Waals surface area contributed by atoms with Gasteiger partial charge in [-0.15, -0.1) is 0 Å². The zero-order chi connectivity index (χ0) is 21.0. The molecule has 29 heavy (non-hydrogen) atoms. The molecule has 2 aromatic rings. The number of rotatable bonds is 6. The van der Waals surface area contributed by atoms with Gasteiger partial charge in [0.1, 0.15) is 5.82 Å². The Labute approximate surface area is 172 Å². The Morgan fingerprint density at radius 3 is 2.66 bits per heavy atom. The molecule has 0 bridgehead atoms. The van der Waals surface area contributed by atoms with Gasteiger partial charge in [-0.2, -0.15) is 5.10 Å². The van der Waals surface area contributed by atoms with E-state index < -0.39 is 0 Å². The molecule has 1 amide bonds. The Kier molecular flexibility index (Phi) is 6.16. The number of carbonyl (C=O) groups is 1. The van der Waals surface area contributed by atoms with E-state index in [1.807, 2.05) is 37.3 Å². The molecule has 3 rings (SSSR count). The fourth-order valence-corrected chi connectivity index (χ4v) is 3.84. The third-order valence-corrected chi connectivity index (χ3v) is 5.14. The summed E-state index contributed by atoms with van der Waals surface area (Å²) < 4.78 is 14.8. The molecule has 0 saturated carbocycles. The van der Waals surface area contributed by atoms with Gasteiger partial charge in [-0.25, -0.2) is 9.82 Å². The number of allylic oxidation sites excluding steroid dienone is 1. The van der Waals surface area contributed by atoms with Crippen LogP contribution in [0.15, 0.2) is 53.6 Å². The van der Waals surface area contributed by atoms with Crippen LogP contribution in [-0.2, 0) is 11.2 Å². The number of nitrogens with zero attached hydrogens (tertiary/aromatic N) is 2. The van der Waals surface area contributed by atoms with E-state index in [2.05, 4.69) is 42.3 Å². The number of hydrogen-bond acceptors (Lipinski definition) is 3. The summed E-state index contributed by atoms with van der Waals surface area (Å²) in [6, 6.07) is 12.8. The molecule has 0 saturated heterocycles. The van der Waals surface area contributed by atoms with Crippen LogP contribution in [0.2, 0.25) is 0 Å². The highest BCUT2D eigenvalue weighted by atomic mass is 19.1. The van der Waals surface area contributed by atoms with Crippen molar-refractivity contribution in [3.05, 3.63) is 71.0 Å². The Hall–Kier alpha value is -2.95. The Balaban J connectivity index is 1.79. The van der Waals surface area contributed by atoms with E-state index in [0.717, 1.165) is 35.4 Å². The average molecular weight is 394 g/mol. The van der Waals surface area contributed by atoms with Crippen molar-refractivity contribution in [2.24, 2.45) is 5.10 Å². The van der Waals surface area contributed by atoms with Crippen molar-refractivity contribution < 1.29 is 9.18 Å². The molecule has 0 aromatic heterocycles. The van der Waals surface area contributed by atoms with Gasteiger partial charge in [0.05, 0.1) is 18.2 Å². The lowest BCUT2D eigenvalue weighted by molar-refractivity contribution is -0.120. The minimum atomic E-state index is -0.351. The van der Waals surface area contributed by atoms with Gasteiger partial charge in [0.15, 0.2) is 0 Å². The Morgan fingerprint density at radius 1 is 1.24 bits per heavy atom. The molecule has 0 fully saturated rings. The number of anilines is 1. The van der Waals surface area contributed by atoms with Crippen molar-refractivity contribution >= 4 is 23.4 Å². The highest BCUT2D eigenvalue weighted by Gasteiger charge is 2.31. The highest BCUT2D eigenvalue weighted by molar-refractivity contribution is 5.89. The maximum atomic E-state index is 14.8. The van der Waals surface area contributed by atoms with Crippen molar-refractivity contribution in [3.8, 4) is 0 Å². The van der Waals surface area contributed by atoms with Gasteiger partial charge in [-0.3, -0.25) is 4.79 Å². The zero-order valence-electron chi connectivity index (χ0n) is 17.5. The second-order valence-electron chi connectivity index (χ2n) is 7.98. The lowest BCUT2D eigenvalue weighted by Crippen LogP contribution is -2.45. The van der Waals surface area contributed by atoms with E-state index in [4.69, 9.17) is 0 Å². The standard InChI is InChI=1S/C24H28FN3O/c1-5-11-28-22-14-21(25)19(13-20(22)17(2)15-24(28,3)4)16-26-27-23(29)12-18-9-7-6-8-10-18/h6-10,13-16H,5,11-12H2,1-4H3,(H,27,29)/b26-16-. The smallest absolute Gasteiger partial charge is 0.244 e. The van der Waals surface area contributed by atoms with E-state index in [1.54, 1.807) is 12.1 Å². The second kappa shape index (κ2) is 8.60. The largest absolute Gasteiger partial charge is 0.362 e. The summed E-state index contributed by atoms with van der Waals surface area (Å²) >= 11 is 0. The summed E-state index contributed by atoms with van der Waals surface area (Å²) in [6.45, 7) is 9.31. The van der Waals surface area contributed by atoms with E-state index >= 15 is 0 Å². The lowest BCUT2D eigenvalue weighted by Gasteiger charge is -2.43. The fourth-order valence-electron chi connectivity index (χ4n) is 3.84. The molecule has 0 radical (unpaired) electrons. The van der Waals surface area contributed by atoms with Crippen molar-refractivity contribution in [1.82, 2.24) is 5.43 Å². The maximum absolute atomic E-state index is 14.8. The molecule has 152 valence electrons.